The summed E-state index contributed by atoms with van der Waals surface area (Å²) < 4.78 is 40.2. The summed E-state index contributed by atoms with van der Waals surface area (Å²) in [4.78, 5) is 16.1. The van der Waals surface area contributed by atoms with E-state index in [1.807, 2.05) is 0 Å². The van der Waals surface area contributed by atoms with E-state index in [1.165, 1.54) is 17.2 Å². The zero-order valence-corrected chi connectivity index (χ0v) is 12.8. The fourth-order valence-electron chi connectivity index (χ4n) is 2.38. The van der Waals surface area contributed by atoms with E-state index in [2.05, 4.69) is 9.17 Å². The summed E-state index contributed by atoms with van der Waals surface area (Å²) in [5.74, 6) is -0.579. The lowest BCUT2D eigenvalue weighted by molar-refractivity contribution is 0.132. The first kappa shape index (κ1) is 16.6. The van der Waals surface area contributed by atoms with Gasteiger partial charge in [0.05, 0.1) is 6.26 Å². The van der Waals surface area contributed by atoms with Crippen LogP contribution in [0.25, 0.3) is 0 Å². The van der Waals surface area contributed by atoms with Gasteiger partial charge in [-0.05, 0) is 30.4 Å². The molecule has 0 radical (unpaired) electrons. The number of likely N-dealkylation sites (tertiary alicyclic amines) is 1. The molecule has 22 heavy (non-hydrogen) atoms. The molecule has 0 unspecified atom stereocenters. The van der Waals surface area contributed by atoms with E-state index in [4.69, 9.17) is 5.11 Å². The average molecular weight is 332 g/mol. The van der Waals surface area contributed by atoms with Crippen LogP contribution in [0.15, 0.2) is 12.3 Å². The molecule has 1 fully saturated rings. The Kier molecular flexibility index (Phi) is 4.97. The van der Waals surface area contributed by atoms with Crippen molar-refractivity contribution >= 4 is 16.2 Å². The van der Waals surface area contributed by atoms with Crippen molar-refractivity contribution in [3.8, 4) is 0 Å². The molecule has 1 aliphatic heterocycles. The summed E-state index contributed by atoms with van der Waals surface area (Å²) in [5.41, 5.74) is 0.614. The van der Waals surface area contributed by atoms with Crippen LogP contribution >= 0.6 is 0 Å². The van der Waals surface area contributed by atoms with Crippen LogP contribution < -0.4 is 0 Å². The van der Waals surface area contributed by atoms with Gasteiger partial charge in [0.2, 0.25) is 0 Å². The zero-order valence-electron chi connectivity index (χ0n) is 12.0. The van der Waals surface area contributed by atoms with E-state index in [0.29, 0.717) is 31.5 Å². The summed E-state index contributed by atoms with van der Waals surface area (Å²) in [6.07, 6.45) is 2.64. The van der Waals surface area contributed by atoms with Gasteiger partial charge in [-0.25, -0.2) is 9.18 Å². The smallest absolute Gasteiger partial charge is 0.407 e. The van der Waals surface area contributed by atoms with Gasteiger partial charge in [-0.3, -0.25) is 9.17 Å². The Morgan fingerprint density at radius 2 is 2.14 bits per heavy atom. The highest BCUT2D eigenvalue weighted by Crippen LogP contribution is 2.28. The lowest BCUT2D eigenvalue weighted by Crippen LogP contribution is -2.36. The summed E-state index contributed by atoms with van der Waals surface area (Å²) in [5, 5.41) is 8.89. The number of carboxylic acid groups (broad SMARTS) is 1. The maximum absolute atomic E-state index is 13.9. The number of hydrogen-bond donors (Lipinski definition) is 1. The SMILES string of the molecule is CS(=O)(=O)OCc1ncc(C2CCN(C(=O)O)CC2)cc1F. The van der Waals surface area contributed by atoms with E-state index in [-0.39, 0.29) is 11.6 Å². The van der Waals surface area contributed by atoms with Crippen molar-refractivity contribution in [3.63, 3.8) is 0 Å². The monoisotopic (exact) mass is 332 g/mol. The molecule has 1 aromatic rings. The summed E-state index contributed by atoms with van der Waals surface area (Å²) >= 11 is 0. The molecule has 1 aliphatic rings. The molecule has 0 spiro atoms. The molecule has 0 bridgehead atoms. The quantitative estimate of drug-likeness (QED) is 0.840. The van der Waals surface area contributed by atoms with E-state index in [1.54, 1.807) is 0 Å². The number of rotatable bonds is 4. The molecule has 122 valence electrons. The number of hydrogen-bond acceptors (Lipinski definition) is 5. The van der Waals surface area contributed by atoms with Crippen molar-refractivity contribution in [1.82, 2.24) is 9.88 Å². The Labute approximate surface area is 127 Å². The molecule has 1 N–H and O–H groups in total. The molecule has 1 amide bonds. The Bertz CT molecular complexity index is 656. The second-order valence-electron chi connectivity index (χ2n) is 5.21. The predicted octanol–water partition coefficient (Wildman–Crippen LogP) is 1.55. The third-order valence-electron chi connectivity index (χ3n) is 3.59. The van der Waals surface area contributed by atoms with E-state index in [9.17, 15) is 17.6 Å². The van der Waals surface area contributed by atoms with Crippen molar-refractivity contribution < 1.29 is 26.9 Å². The number of pyridine rings is 1. The van der Waals surface area contributed by atoms with Crippen LogP contribution in [0.4, 0.5) is 9.18 Å². The van der Waals surface area contributed by atoms with Gasteiger partial charge in [-0.15, -0.1) is 0 Å². The Balaban J connectivity index is 2.02. The molecule has 7 nitrogen and oxygen atoms in total. The lowest BCUT2D eigenvalue weighted by Gasteiger charge is -2.30. The molecule has 0 saturated carbocycles. The number of piperidine rings is 1. The molecule has 9 heteroatoms. The van der Waals surface area contributed by atoms with E-state index in [0.717, 1.165) is 6.26 Å². The first-order valence-corrected chi connectivity index (χ1v) is 8.54. The number of nitrogens with zero attached hydrogens (tertiary/aromatic N) is 2. The first-order valence-electron chi connectivity index (χ1n) is 6.73. The van der Waals surface area contributed by atoms with Crippen molar-refractivity contribution in [1.29, 1.82) is 0 Å². The largest absolute Gasteiger partial charge is 0.465 e. The van der Waals surface area contributed by atoms with Crippen LogP contribution in [0, 0.1) is 5.82 Å². The summed E-state index contributed by atoms with van der Waals surface area (Å²) in [6, 6.07) is 1.31. The molecular weight excluding hydrogens is 315 g/mol. The Morgan fingerprint density at radius 3 is 2.64 bits per heavy atom. The summed E-state index contributed by atoms with van der Waals surface area (Å²) in [7, 11) is -3.65. The van der Waals surface area contributed by atoms with Crippen LogP contribution in [0.1, 0.15) is 30.0 Å². The van der Waals surface area contributed by atoms with Crippen LogP contribution in [0.5, 0.6) is 0 Å². The fourth-order valence-corrected chi connectivity index (χ4v) is 2.70. The second kappa shape index (κ2) is 6.57. The van der Waals surface area contributed by atoms with Gasteiger partial charge in [0, 0.05) is 19.3 Å². The predicted molar refractivity (Wildman–Crippen MR) is 75.4 cm³/mol. The number of aromatic nitrogens is 1. The molecule has 2 heterocycles. The van der Waals surface area contributed by atoms with Crippen LogP contribution in [-0.2, 0) is 20.9 Å². The third-order valence-corrected chi connectivity index (χ3v) is 4.13. The van der Waals surface area contributed by atoms with Crippen molar-refractivity contribution in [2.45, 2.75) is 25.4 Å². The molecule has 0 aliphatic carbocycles. The van der Waals surface area contributed by atoms with Gasteiger partial charge < -0.3 is 10.0 Å². The Hall–Kier alpha value is -1.74. The zero-order chi connectivity index (χ0) is 16.3. The minimum Gasteiger partial charge on any atom is -0.465 e. The van der Waals surface area contributed by atoms with Crippen molar-refractivity contribution in [2.75, 3.05) is 19.3 Å². The lowest BCUT2D eigenvalue weighted by atomic mass is 9.90. The first-order chi connectivity index (χ1) is 10.3. The molecule has 1 aromatic heterocycles. The van der Waals surface area contributed by atoms with Gasteiger partial charge in [-0.1, -0.05) is 0 Å². The van der Waals surface area contributed by atoms with Gasteiger partial charge in [0.25, 0.3) is 10.1 Å². The fraction of sp³-hybridized carbons (Fsp3) is 0.538. The molecule has 1 saturated heterocycles. The van der Waals surface area contributed by atoms with Gasteiger partial charge >= 0.3 is 6.09 Å². The molecule has 0 atom stereocenters. The number of carbonyl (C=O) groups is 1. The maximum atomic E-state index is 13.9. The molecule has 0 aromatic carbocycles. The summed E-state index contributed by atoms with van der Waals surface area (Å²) in [6.45, 7) is 0.365. The average Bonchev–Trinajstić information content (AvgIpc) is 2.45. The van der Waals surface area contributed by atoms with Crippen LogP contribution in [0.2, 0.25) is 0 Å². The maximum Gasteiger partial charge on any atom is 0.407 e. The normalized spacial score (nSPS) is 16.7. The van der Waals surface area contributed by atoms with Gasteiger partial charge in [0.1, 0.15) is 18.1 Å². The topological polar surface area (TPSA) is 96.8 Å². The highest BCUT2D eigenvalue weighted by atomic mass is 32.2. The van der Waals surface area contributed by atoms with Crippen LogP contribution in [-0.4, -0.2) is 48.8 Å². The molecule has 2 rings (SSSR count). The highest BCUT2D eigenvalue weighted by molar-refractivity contribution is 7.85. The minimum atomic E-state index is -3.65. The van der Waals surface area contributed by atoms with Gasteiger partial charge in [0.15, 0.2) is 0 Å². The minimum absolute atomic E-state index is 0.0440. The second-order valence-corrected chi connectivity index (χ2v) is 6.85. The number of halogens is 1. The highest BCUT2D eigenvalue weighted by Gasteiger charge is 2.24. The third kappa shape index (κ3) is 4.38. The van der Waals surface area contributed by atoms with Crippen molar-refractivity contribution in [3.05, 3.63) is 29.3 Å². The Morgan fingerprint density at radius 1 is 1.50 bits per heavy atom. The van der Waals surface area contributed by atoms with E-state index >= 15 is 0 Å². The van der Waals surface area contributed by atoms with E-state index < -0.39 is 28.6 Å². The van der Waals surface area contributed by atoms with Gasteiger partial charge in [-0.2, -0.15) is 8.42 Å². The number of amides is 1. The van der Waals surface area contributed by atoms with Crippen molar-refractivity contribution in [2.24, 2.45) is 0 Å². The van der Waals surface area contributed by atoms with Crippen LogP contribution in [0.3, 0.4) is 0 Å². The standard InChI is InChI=1S/C13H17FN2O5S/c1-22(19,20)21-8-12-11(14)6-10(7-15-12)9-2-4-16(5-3-9)13(17)18/h6-7,9H,2-5,8H2,1H3,(H,17,18). The molecular formula is C13H17FN2O5S.